The lowest BCUT2D eigenvalue weighted by atomic mass is 10.3. The second kappa shape index (κ2) is 4.69. The maximum absolute atomic E-state index is 13.2. The second-order valence-corrected chi connectivity index (χ2v) is 4.82. The predicted octanol–water partition coefficient (Wildman–Crippen LogP) is 0.485. The van der Waals surface area contributed by atoms with Crippen LogP contribution in [0.15, 0.2) is 29.2 Å². The molecule has 6 heteroatoms. The standard InChI is InChI=1S/C9H12FNO3S/c1-7(6-12)11-15(13,14)9-5-3-2-4-8(9)10/h2-5,7,11-12H,6H2,1H3. The van der Waals surface area contributed by atoms with Crippen molar-refractivity contribution in [2.75, 3.05) is 6.61 Å². The molecule has 2 N–H and O–H groups in total. The zero-order valence-corrected chi connectivity index (χ0v) is 8.96. The van der Waals surface area contributed by atoms with Gasteiger partial charge in [0.25, 0.3) is 0 Å². The molecule has 0 spiro atoms. The third kappa shape index (κ3) is 2.98. The van der Waals surface area contributed by atoms with Gasteiger partial charge in [-0.15, -0.1) is 0 Å². The number of hydrogen-bond donors (Lipinski definition) is 2. The molecular weight excluding hydrogens is 221 g/mol. The number of aliphatic hydroxyl groups excluding tert-OH is 1. The molecule has 1 unspecified atom stereocenters. The Morgan fingerprint density at radius 3 is 2.60 bits per heavy atom. The Morgan fingerprint density at radius 1 is 1.47 bits per heavy atom. The summed E-state index contributed by atoms with van der Waals surface area (Å²) in [6.45, 7) is 1.14. The van der Waals surface area contributed by atoms with Crippen LogP contribution in [0.3, 0.4) is 0 Å². The van der Waals surface area contributed by atoms with E-state index in [0.29, 0.717) is 0 Å². The number of sulfonamides is 1. The summed E-state index contributed by atoms with van der Waals surface area (Å²) in [6, 6.07) is 4.43. The first kappa shape index (κ1) is 12.1. The first-order valence-corrected chi connectivity index (χ1v) is 5.83. The monoisotopic (exact) mass is 233 g/mol. The molecule has 4 nitrogen and oxygen atoms in total. The van der Waals surface area contributed by atoms with E-state index in [9.17, 15) is 12.8 Å². The number of nitrogens with one attached hydrogen (secondary N) is 1. The van der Waals surface area contributed by atoms with Gasteiger partial charge in [0.15, 0.2) is 0 Å². The van der Waals surface area contributed by atoms with Crippen molar-refractivity contribution in [3.63, 3.8) is 0 Å². The minimum atomic E-state index is -3.89. The van der Waals surface area contributed by atoms with E-state index in [4.69, 9.17) is 5.11 Å². The van der Waals surface area contributed by atoms with Gasteiger partial charge in [-0.2, -0.15) is 0 Å². The van der Waals surface area contributed by atoms with Gasteiger partial charge in [-0.3, -0.25) is 0 Å². The lowest BCUT2D eigenvalue weighted by Crippen LogP contribution is -2.35. The van der Waals surface area contributed by atoms with Crippen molar-refractivity contribution in [2.24, 2.45) is 0 Å². The van der Waals surface area contributed by atoms with Crippen LogP contribution in [0.25, 0.3) is 0 Å². The number of rotatable bonds is 4. The summed E-state index contributed by atoms with van der Waals surface area (Å²) < 4.78 is 38.4. The molecule has 0 aromatic heterocycles. The SMILES string of the molecule is CC(CO)NS(=O)(=O)c1ccccc1F. The highest BCUT2D eigenvalue weighted by Crippen LogP contribution is 2.13. The predicted molar refractivity (Wildman–Crippen MR) is 53.3 cm³/mol. The van der Waals surface area contributed by atoms with Gasteiger partial charge in [0.2, 0.25) is 10.0 Å². The Labute approximate surface area is 87.8 Å². The molecule has 15 heavy (non-hydrogen) atoms. The van der Waals surface area contributed by atoms with E-state index in [1.807, 2.05) is 0 Å². The van der Waals surface area contributed by atoms with Crippen molar-refractivity contribution < 1.29 is 17.9 Å². The molecule has 1 aromatic carbocycles. The van der Waals surface area contributed by atoms with Crippen LogP contribution in [-0.4, -0.2) is 26.2 Å². The Balaban J connectivity index is 3.02. The van der Waals surface area contributed by atoms with Crippen LogP contribution in [0, 0.1) is 5.82 Å². The van der Waals surface area contributed by atoms with E-state index in [1.165, 1.54) is 25.1 Å². The molecule has 0 radical (unpaired) electrons. The number of halogens is 1. The fraction of sp³-hybridized carbons (Fsp3) is 0.333. The minimum Gasteiger partial charge on any atom is -0.395 e. The fourth-order valence-electron chi connectivity index (χ4n) is 1.03. The maximum Gasteiger partial charge on any atom is 0.243 e. The average molecular weight is 233 g/mol. The summed E-state index contributed by atoms with van der Waals surface area (Å²) in [5, 5.41) is 8.69. The van der Waals surface area contributed by atoms with Crippen molar-refractivity contribution in [3.05, 3.63) is 30.1 Å². The van der Waals surface area contributed by atoms with E-state index < -0.39 is 26.8 Å². The molecule has 0 fully saturated rings. The minimum absolute atomic E-state index is 0.340. The molecule has 0 saturated carbocycles. The van der Waals surface area contributed by atoms with E-state index >= 15 is 0 Å². The Morgan fingerprint density at radius 2 is 2.07 bits per heavy atom. The summed E-state index contributed by atoms with van der Waals surface area (Å²) in [4.78, 5) is -0.412. The van der Waals surface area contributed by atoms with Gasteiger partial charge in [0.05, 0.1) is 6.61 Å². The Kier molecular flexibility index (Phi) is 3.78. The van der Waals surface area contributed by atoms with Gasteiger partial charge in [-0.1, -0.05) is 12.1 Å². The Hall–Kier alpha value is -0.980. The largest absolute Gasteiger partial charge is 0.395 e. The lowest BCUT2D eigenvalue weighted by molar-refractivity contribution is 0.265. The first-order valence-electron chi connectivity index (χ1n) is 4.35. The number of benzene rings is 1. The van der Waals surface area contributed by atoms with Crippen molar-refractivity contribution in [2.45, 2.75) is 17.9 Å². The molecule has 0 aliphatic rings. The third-order valence-electron chi connectivity index (χ3n) is 1.76. The molecule has 0 bridgehead atoms. The average Bonchev–Trinajstić information content (AvgIpc) is 2.17. The Bertz CT molecular complexity index is 433. The van der Waals surface area contributed by atoms with Crippen molar-refractivity contribution in [1.82, 2.24) is 4.72 Å². The van der Waals surface area contributed by atoms with Crippen LogP contribution in [0.1, 0.15) is 6.92 Å². The molecular formula is C9H12FNO3S. The van der Waals surface area contributed by atoms with Gasteiger partial charge in [-0.25, -0.2) is 17.5 Å². The molecule has 0 saturated heterocycles. The number of hydrogen-bond acceptors (Lipinski definition) is 3. The molecule has 0 amide bonds. The van der Waals surface area contributed by atoms with Crippen LogP contribution in [-0.2, 0) is 10.0 Å². The van der Waals surface area contributed by atoms with E-state index in [1.54, 1.807) is 0 Å². The lowest BCUT2D eigenvalue weighted by Gasteiger charge is -2.11. The zero-order valence-electron chi connectivity index (χ0n) is 8.14. The van der Waals surface area contributed by atoms with E-state index in [-0.39, 0.29) is 6.61 Å². The molecule has 1 atom stereocenters. The summed E-state index contributed by atoms with van der Waals surface area (Å²) in [5.74, 6) is -0.810. The van der Waals surface area contributed by atoms with Gasteiger partial charge in [0.1, 0.15) is 10.7 Å². The topological polar surface area (TPSA) is 66.4 Å². The highest BCUT2D eigenvalue weighted by molar-refractivity contribution is 7.89. The van der Waals surface area contributed by atoms with Gasteiger partial charge in [-0.05, 0) is 19.1 Å². The van der Waals surface area contributed by atoms with E-state index in [0.717, 1.165) is 6.07 Å². The van der Waals surface area contributed by atoms with Crippen LogP contribution in [0.4, 0.5) is 4.39 Å². The molecule has 1 rings (SSSR count). The fourth-order valence-corrected chi connectivity index (χ4v) is 2.34. The van der Waals surface area contributed by atoms with Gasteiger partial charge >= 0.3 is 0 Å². The smallest absolute Gasteiger partial charge is 0.243 e. The van der Waals surface area contributed by atoms with Crippen molar-refractivity contribution in [3.8, 4) is 0 Å². The summed E-state index contributed by atoms with van der Waals surface area (Å²) >= 11 is 0. The zero-order chi connectivity index (χ0) is 11.5. The molecule has 0 aliphatic carbocycles. The maximum atomic E-state index is 13.2. The molecule has 84 valence electrons. The van der Waals surface area contributed by atoms with Crippen LogP contribution < -0.4 is 4.72 Å². The van der Waals surface area contributed by atoms with Crippen molar-refractivity contribution in [1.29, 1.82) is 0 Å². The first-order chi connectivity index (χ1) is 6.97. The van der Waals surface area contributed by atoms with Crippen LogP contribution >= 0.6 is 0 Å². The summed E-state index contributed by atoms with van der Waals surface area (Å²) in [6.07, 6.45) is 0. The van der Waals surface area contributed by atoms with Crippen LogP contribution in [0.2, 0.25) is 0 Å². The summed E-state index contributed by atoms with van der Waals surface area (Å²) in [7, 11) is -3.89. The van der Waals surface area contributed by atoms with E-state index in [2.05, 4.69) is 4.72 Å². The highest BCUT2D eigenvalue weighted by Gasteiger charge is 2.20. The second-order valence-electron chi connectivity index (χ2n) is 3.14. The number of aliphatic hydroxyl groups is 1. The third-order valence-corrected chi connectivity index (χ3v) is 3.38. The quantitative estimate of drug-likeness (QED) is 0.795. The van der Waals surface area contributed by atoms with Gasteiger partial charge in [0, 0.05) is 6.04 Å². The highest BCUT2D eigenvalue weighted by atomic mass is 32.2. The van der Waals surface area contributed by atoms with Crippen LogP contribution in [0.5, 0.6) is 0 Å². The van der Waals surface area contributed by atoms with Gasteiger partial charge < -0.3 is 5.11 Å². The normalized spacial score (nSPS) is 13.8. The van der Waals surface area contributed by atoms with Crippen molar-refractivity contribution >= 4 is 10.0 Å². The molecule has 1 aromatic rings. The molecule has 0 aliphatic heterocycles. The molecule has 0 heterocycles. The summed E-state index contributed by atoms with van der Waals surface area (Å²) in [5.41, 5.74) is 0.